The Hall–Kier alpha value is -1.69. The van der Waals surface area contributed by atoms with Crippen molar-refractivity contribution in [2.75, 3.05) is 18.5 Å². The van der Waals surface area contributed by atoms with E-state index in [4.69, 9.17) is 11.1 Å². The molecule has 1 rings (SSSR count). The number of nitrogens with zero attached hydrogens (tertiary/aromatic N) is 3. The van der Waals surface area contributed by atoms with Crippen LogP contribution in [0.25, 0.3) is 0 Å². The summed E-state index contributed by atoms with van der Waals surface area (Å²) < 4.78 is 26.1. The van der Waals surface area contributed by atoms with E-state index in [2.05, 4.69) is 10.4 Å². The quantitative estimate of drug-likeness (QED) is 0.582. The number of nitrogens with two attached hydrogens (primary N) is 1. The Kier molecular flexibility index (Phi) is 5.23. The predicted molar refractivity (Wildman–Crippen MR) is 71.3 cm³/mol. The summed E-state index contributed by atoms with van der Waals surface area (Å²) in [5, 5.41) is 8.79. The lowest BCUT2D eigenvalue weighted by Crippen LogP contribution is -2.34. The summed E-state index contributed by atoms with van der Waals surface area (Å²) >= 11 is 0. The number of sulfonamides is 1. The first-order chi connectivity index (χ1) is 8.95. The molecule has 7 nitrogen and oxygen atoms in total. The second-order valence-electron chi connectivity index (χ2n) is 4.01. The number of anilines is 1. The zero-order valence-corrected chi connectivity index (χ0v) is 11.7. The summed E-state index contributed by atoms with van der Waals surface area (Å²) in [6.07, 6.45) is 1.36. The van der Waals surface area contributed by atoms with Crippen molar-refractivity contribution >= 4 is 15.8 Å². The van der Waals surface area contributed by atoms with Gasteiger partial charge in [-0.25, -0.2) is 19.2 Å². The van der Waals surface area contributed by atoms with E-state index in [1.165, 1.54) is 22.6 Å². The van der Waals surface area contributed by atoms with Gasteiger partial charge in [-0.15, -0.1) is 0 Å². The summed E-state index contributed by atoms with van der Waals surface area (Å²) in [4.78, 5) is 3.96. The molecule has 0 aliphatic rings. The fourth-order valence-electron chi connectivity index (χ4n) is 1.54. The number of hydrazine groups is 1. The molecule has 0 saturated carbocycles. The molecule has 0 aromatic carbocycles. The Morgan fingerprint density at radius 1 is 1.63 bits per heavy atom. The molecule has 0 bridgehead atoms. The van der Waals surface area contributed by atoms with Gasteiger partial charge in [0.15, 0.2) is 0 Å². The molecule has 1 aromatic rings. The van der Waals surface area contributed by atoms with Crippen molar-refractivity contribution in [1.29, 1.82) is 5.26 Å². The van der Waals surface area contributed by atoms with Crippen molar-refractivity contribution in [3.63, 3.8) is 0 Å². The van der Waals surface area contributed by atoms with Crippen LogP contribution in [-0.4, -0.2) is 30.8 Å². The molecule has 1 unspecified atom stereocenters. The maximum absolute atomic E-state index is 12.4. The van der Waals surface area contributed by atoms with Gasteiger partial charge in [-0.1, -0.05) is 6.92 Å². The fourth-order valence-corrected chi connectivity index (χ4v) is 3.09. The molecular formula is C11H17N5O2S. The summed E-state index contributed by atoms with van der Waals surface area (Å²) in [6.45, 7) is 3.85. The number of rotatable bonds is 6. The molecular weight excluding hydrogens is 266 g/mol. The van der Waals surface area contributed by atoms with Crippen LogP contribution in [0.2, 0.25) is 0 Å². The summed E-state index contributed by atoms with van der Waals surface area (Å²) in [5.74, 6) is 5.11. The Balaban J connectivity index is 3.10. The zero-order chi connectivity index (χ0) is 14.5. The van der Waals surface area contributed by atoms with Crippen LogP contribution in [0.3, 0.4) is 0 Å². The molecule has 1 aromatic heterocycles. The second kappa shape index (κ2) is 6.47. The molecule has 0 spiro atoms. The topological polar surface area (TPSA) is 112 Å². The van der Waals surface area contributed by atoms with Gasteiger partial charge < -0.3 is 5.43 Å². The molecule has 19 heavy (non-hydrogen) atoms. The highest BCUT2D eigenvalue weighted by atomic mass is 32.2. The third-order valence-electron chi connectivity index (χ3n) is 2.57. The highest BCUT2D eigenvalue weighted by molar-refractivity contribution is 7.89. The Morgan fingerprint density at radius 3 is 2.84 bits per heavy atom. The Bertz CT molecular complexity index is 567. The molecule has 1 heterocycles. The van der Waals surface area contributed by atoms with Crippen molar-refractivity contribution in [2.24, 2.45) is 11.8 Å². The van der Waals surface area contributed by atoms with Crippen LogP contribution >= 0.6 is 0 Å². The lowest BCUT2D eigenvalue weighted by molar-refractivity contribution is 0.400. The number of nitriles is 1. The largest absolute Gasteiger partial charge is 0.308 e. The van der Waals surface area contributed by atoms with Crippen molar-refractivity contribution in [2.45, 2.75) is 18.7 Å². The molecule has 0 saturated heterocycles. The molecule has 8 heteroatoms. The number of hydrogen-bond donors (Lipinski definition) is 2. The van der Waals surface area contributed by atoms with Crippen LogP contribution in [0.4, 0.5) is 5.82 Å². The van der Waals surface area contributed by atoms with E-state index in [1.54, 1.807) is 13.8 Å². The first-order valence-electron chi connectivity index (χ1n) is 5.78. The van der Waals surface area contributed by atoms with Gasteiger partial charge in [0.05, 0.1) is 16.9 Å². The normalized spacial score (nSPS) is 13.0. The highest BCUT2D eigenvalue weighted by Gasteiger charge is 2.24. The third-order valence-corrected chi connectivity index (χ3v) is 4.50. The fraction of sp³-hybridized carbons (Fsp3) is 0.455. The van der Waals surface area contributed by atoms with Crippen LogP contribution in [0.15, 0.2) is 23.2 Å². The van der Waals surface area contributed by atoms with E-state index in [0.29, 0.717) is 6.54 Å². The average Bonchev–Trinajstić information content (AvgIpc) is 2.44. The number of hydrogen-bond acceptors (Lipinski definition) is 6. The van der Waals surface area contributed by atoms with E-state index in [1.807, 2.05) is 6.07 Å². The smallest absolute Gasteiger partial charge is 0.243 e. The van der Waals surface area contributed by atoms with Gasteiger partial charge in [0, 0.05) is 25.4 Å². The second-order valence-corrected chi connectivity index (χ2v) is 5.94. The van der Waals surface area contributed by atoms with E-state index in [-0.39, 0.29) is 23.2 Å². The van der Waals surface area contributed by atoms with E-state index >= 15 is 0 Å². The van der Waals surface area contributed by atoms with Gasteiger partial charge in [0.25, 0.3) is 0 Å². The number of nitrogen functional groups attached to an aromatic ring is 1. The van der Waals surface area contributed by atoms with E-state index in [0.717, 1.165) is 0 Å². The van der Waals surface area contributed by atoms with Crippen LogP contribution in [0, 0.1) is 17.2 Å². The summed E-state index contributed by atoms with van der Waals surface area (Å²) in [5.41, 5.74) is 2.30. The molecule has 0 amide bonds. The minimum atomic E-state index is -3.64. The SMILES string of the molecule is CCN(CC(C)C#N)S(=O)(=O)c1ccnc(NN)c1. The zero-order valence-electron chi connectivity index (χ0n) is 10.9. The average molecular weight is 283 g/mol. The van der Waals surface area contributed by atoms with E-state index in [9.17, 15) is 8.42 Å². The molecule has 0 aliphatic carbocycles. The van der Waals surface area contributed by atoms with Gasteiger partial charge in [0.2, 0.25) is 10.0 Å². The van der Waals surface area contributed by atoms with Crippen molar-refractivity contribution in [1.82, 2.24) is 9.29 Å². The molecule has 0 fully saturated rings. The standard InChI is InChI=1S/C11H17N5O2S/c1-3-16(8-9(2)7-12)19(17,18)10-4-5-14-11(6-10)15-13/h4-6,9H,3,8,13H2,1-2H3,(H,14,15). The summed E-state index contributed by atoms with van der Waals surface area (Å²) in [6, 6.07) is 4.78. The van der Waals surface area contributed by atoms with Crippen LogP contribution in [0.5, 0.6) is 0 Å². The van der Waals surface area contributed by atoms with Gasteiger partial charge in [0.1, 0.15) is 5.82 Å². The molecule has 0 radical (unpaired) electrons. The molecule has 3 N–H and O–H groups in total. The van der Waals surface area contributed by atoms with Crippen molar-refractivity contribution in [3.8, 4) is 6.07 Å². The minimum absolute atomic E-state index is 0.0995. The highest BCUT2D eigenvalue weighted by Crippen LogP contribution is 2.18. The lowest BCUT2D eigenvalue weighted by Gasteiger charge is -2.21. The maximum atomic E-state index is 12.4. The van der Waals surface area contributed by atoms with Gasteiger partial charge >= 0.3 is 0 Å². The first-order valence-corrected chi connectivity index (χ1v) is 7.22. The Labute approximate surface area is 113 Å². The predicted octanol–water partition coefficient (Wildman–Crippen LogP) is 0.537. The number of nitrogens with one attached hydrogen (secondary N) is 1. The van der Waals surface area contributed by atoms with Crippen molar-refractivity contribution in [3.05, 3.63) is 18.3 Å². The third kappa shape index (κ3) is 3.64. The Morgan fingerprint density at radius 2 is 2.32 bits per heavy atom. The van der Waals surface area contributed by atoms with Gasteiger partial charge in [-0.3, -0.25) is 0 Å². The lowest BCUT2D eigenvalue weighted by atomic mass is 10.2. The summed E-state index contributed by atoms with van der Waals surface area (Å²) in [7, 11) is -3.64. The van der Waals surface area contributed by atoms with Crippen molar-refractivity contribution < 1.29 is 8.42 Å². The molecule has 1 atom stereocenters. The monoisotopic (exact) mass is 283 g/mol. The van der Waals surface area contributed by atoms with Crippen LogP contribution in [-0.2, 0) is 10.0 Å². The maximum Gasteiger partial charge on any atom is 0.243 e. The minimum Gasteiger partial charge on any atom is -0.308 e. The van der Waals surface area contributed by atoms with Crippen LogP contribution < -0.4 is 11.3 Å². The number of aromatic nitrogens is 1. The first kappa shape index (κ1) is 15.4. The van der Waals surface area contributed by atoms with E-state index < -0.39 is 10.0 Å². The van der Waals surface area contributed by atoms with Crippen LogP contribution in [0.1, 0.15) is 13.8 Å². The van der Waals surface area contributed by atoms with Gasteiger partial charge in [-0.05, 0) is 13.0 Å². The number of pyridine rings is 1. The molecule has 0 aliphatic heterocycles. The molecule has 104 valence electrons. The van der Waals surface area contributed by atoms with Gasteiger partial charge in [-0.2, -0.15) is 9.57 Å².